The molecule has 254 valence electrons. The van der Waals surface area contributed by atoms with E-state index in [0.717, 1.165) is 28.9 Å². The minimum atomic E-state index is -0.111. The Bertz CT molecular complexity index is 3140. The summed E-state index contributed by atoms with van der Waals surface area (Å²) in [6, 6.07) is 50.4. The first kappa shape index (κ1) is 30.4. The average Bonchev–Trinajstić information content (AvgIpc) is 3.75. The molecular weight excluding hydrogens is 671 g/mol. The topological polar surface area (TPSA) is 12.9 Å². The third kappa shape index (κ3) is 4.12. The normalized spacial score (nSPS) is 14.9. The van der Waals surface area contributed by atoms with E-state index in [2.05, 4.69) is 166 Å². The van der Waals surface area contributed by atoms with Gasteiger partial charge in [0.25, 0.3) is 0 Å². The van der Waals surface area contributed by atoms with Gasteiger partial charge in [0.1, 0.15) is 5.01 Å². The van der Waals surface area contributed by atoms with Gasteiger partial charge in [0.15, 0.2) is 0 Å². The summed E-state index contributed by atoms with van der Waals surface area (Å²) in [7, 11) is 0. The maximum absolute atomic E-state index is 4.98. The number of nitrogens with zero attached hydrogens (tertiary/aromatic N) is 1. The molecule has 8 aromatic carbocycles. The molecule has 0 unspecified atom stereocenters. The Hall–Kier alpha value is -6.09. The predicted molar refractivity (Wildman–Crippen MR) is 231 cm³/mol. The van der Waals surface area contributed by atoms with E-state index >= 15 is 0 Å². The molecule has 0 saturated carbocycles. The Morgan fingerprint density at radius 2 is 1.31 bits per heavy atom. The molecule has 0 N–H and O–H groups in total. The Morgan fingerprint density at radius 1 is 0.556 bits per heavy atom. The van der Waals surface area contributed by atoms with Gasteiger partial charge >= 0.3 is 0 Å². The van der Waals surface area contributed by atoms with Crippen LogP contribution in [0.1, 0.15) is 48.1 Å². The number of allylic oxidation sites excluding steroid dienone is 3. The van der Waals surface area contributed by atoms with Gasteiger partial charge in [-0.15, -0.1) is 11.3 Å². The van der Waals surface area contributed by atoms with Gasteiger partial charge in [-0.3, -0.25) is 0 Å². The molecule has 3 aliphatic carbocycles. The molecule has 1 heterocycles. The van der Waals surface area contributed by atoms with Crippen LogP contribution in [0.2, 0.25) is 0 Å². The minimum Gasteiger partial charge on any atom is -0.236 e. The van der Waals surface area contributed by atoms with Crippen LogP contribution in [0.4, 0.5) is 0 Å². The fourth-order valence-electron chi connectivity index (χ4n) is 9.99. The van der Waals surface area contributed by atoms with E-state index in [1.165, 1.54) is 104 Å². The number of fused-ring (bicyclic) bond motifs is 6. The molecule has 54 heavy (non-hydrogen) atoms. The molecule has 0 radical (unpaired) electrons. The lowest BCUT2D eigenvalue weighted by molar-refractivity contribution is 0.661. The van der Waals surface area contributed by atoms with Gasteiger partial charge < -0.3 is 0 Å². The standard InChI is InChI=1S/C52H35NS/c1-52(2)43-15-6-5-12-35(43)40-28-41-42(29-44(40)52)50(39-27-25-33-19-18-30-10-9-11-31-24-26-38(39)49(33)47(30)31)37-14-4-3-13-36(37)48(41)32-20-22-34(23-21-32)51-53-45-16-7-8-17-46(45)54-51/h3-9,11-18,20-29H,10,19H2,1-2H3. The summed E-state index contributed by atoms with van der Waals surface area (Å²) in [5, 5.41) is 9.05. The number of benzene rings is 8. The Morgan fingerprint density at radius 3 is 2.19 bits per heavy atom. The summed E-state index contributed by atoms with van der Waals surface area (Å²) < 4.78 is 1.22. The number of rotatable bonds is 3. The van der Waals surface area contributed by atoms with E-state index in [9.17, 15) is 0 Å². The zero-order valence-corrected chi connectivity index (χ0v) is 31.0. The number of para-hydroxylation sites is 1. The summed E-state index contributed by atoms with van der Waals surface area (Å²) >= 11 is 1.76. The lowest BCUT2D eigenvalue weighted by Gasteiger charge is -2.26. The maximum atomic E-state index is 4.98. The summed E-state index contributed by atoms with van der Waals surface area (Å²) in [5.74, 6) is 0. The van der Waals surface area contributed by atoms with Gasteiger partial charge in [-0.1, -0.05) is 141 Å². The third-order valence-electron chi connectivity index (χ3n) is 12.5. The number of thiazole rings is 1. The summed E-state index contributed by atoms with van der Waals surface area (Å²) in [6.07, 6.45) is 9.09. The van der Waals surface area contributed by atoms with Gasteiger partial charge in [0.2, 0.25) is 0 Å². The highest BCUT2D eigenvalue weighted by atomic mass is 32.1. The lowest BCUT2D eigenvalue weighted by atomic mass is 9.77. The van der Waals surface area contributed by atoms with Crippen LogP contribution in [-0.2, 0) is 11.8 Å². The molecule has 3 aliphatic rings. The number of hydrogen-bond acceptors (Lipinski definition) is 2. The van der Waals surface area contributed by atoms with Crippen LogP contribution < -0.4 is 0 Å². The molecule has 0 amide bonds. The fourth-order valence-corrected chi connectivity index (χ4v) is 11.0. The molecule has 2 heteroatoms. The zero-order chi connectivity index (χ0) is 35.7. The predicted octanol–water partition coefficient (Wildman–Crippen LogP) is 14.4. The van der Waals surface area contributed by atoms with Gasteiger partial charge in [0, 0.05) is 11.0 Å². The Balaban J connectivity index is 1.18. The fraction of sp³-hybridized carbons (Fsp3) is 0.0962. The second-order valence-electron chi connectivity index (χ2n) is 15.7. The summed E-state index contributed by atoms with van der Waals surface area (Å²) in [6.45, 7) is 4.80. The van der Waals surface area contributed by atoms with Crippen LogP contribution >= 0.6 is 11.3 Å². The van der Waals surface area contributed by atoms with Crippen molar-refractivity contribution in [2.24, 2.45) is 0 Å². The Kier molecular flexibility index (Phi) is 6.18. The molecule has 12 rings (SSSR count). The van der Waals surface area contributed by atoms with Crippen LogP contribution in [-0.4, -0.2) is 4.98 Å². The van der Waals surface area contributed by atoms with E-state index in [1.807, 2.05) is 0 Å². The largest absolute Gasteiger partial charge is 0.236 e. The van der Waals surface area contributed by atoms with Crippen molar-refractivity contribution in [2.45, 2.75) is 32.1 Å². The van der Waals surface area contributed by atoms with Crippen molar-refractivity contribution in [3.63, 3.8) is 0 Å². The number of hydrogen-bond donors (Lipinski definition) is 0. The van der Waals surface area contributed by atoms with Crippen molar-refractivity contribution in [3.8, 4) is 44.0 Å². The van der Waals surface area contributed by atoms with Crippen LogP contribution in [0.15, 0.2) is 146 Å². The summed E-state index contributed by atoms with van der Waals surface area (Å²) in [5.41, 5.74) is 18.5. The lowest BCUT2D eigenvalue weighted by Crippen LogP contribution is -2.14. The van der Waals surface area contributed by atoms with Crippen molar-refractivity contribution in [1.29, 1.82) is 0 Å². The summed E-state index contributed by atoms with van der Waals surface area (Å²) in [4.78, 5) is 4.98. The first-order chi connectivity index (χ1) is 26.5. The van der Waals surface area contributed by atoms with Crippen LogP contribution in [0, 0.1) is 0 Å². The monoisotopic (exact) mass is 705 g/mol. The highest BCUT2D eigenvalue weighted by Crippen LogP contribution is 2.54. The first-order valence-corrected chi connectivity index (χ1v) is 19.9. The van der Waals surface area contributed by atoms with E-state index in [1.54, 1.807) is 11.3 Å². The van der Waals surface area contributed by atoms with Gasteiger partial charge in [-0.05, 0) is 136 Å². The molecule has 0 saturated heterocycles. The zero-order valence-electron chi connectivity index (χ0n) is 30.2. The number of aromatic nitrogens is 1. The second kappa shape index (κ2) is 11.0. The highest BCUT2D eigenvalue weighted by molar-refractivity contribution is 7.21. The van der Waals surface area contributed by atoms with E-state index in [4.69, 9.17) is 4.98 Å². The van der Waals surface area contributed by atoms with E-state index < -0.39 is 0 Å². The van der Waals surface area contributed by atoms with Crippen molar-refractivity contribution in [1.82, 2.24) is 4.98 Å². The Labute approximate surface area is 318 Å². The first-order valence-electron chi connectivity index (χ1n) is 19.1. The smallest absolute Gasteiger partial charge is 0.124 e. The van der Waals surface area contributed by atoms with Gasteiger partial charge in [-0.25, -0.2) is 4.98 Å². The van der Waals surface area contributed by atoms with Gasteiger partial charge in [0.05, 0.1) is 10.2 Å². The molecule has 1 aromatic heterocycles. The third-order valence-corrected chi connectivity index (χ3v) is 13.6. The van der Waals surface area contributed by atoms with Crippen molar-refractivity contribution < 1.29 is 0 Å². The molecule has 0 bridgehead atoms. The van der Waals surface area contributed by atoms with Crippen molar-refractivity contribution in [3.05, 3.63) is 173 Å². The molecule has 0 aliphatic heterocycles. The van der Waals surface area contributed by atoms with Crippen molar-refractivity contribution in [2.75, 3.05) is 0 Å². The maximum Gasteiger partial charge on any atom is 0.124 e. The van der Waals surface area contributed by atoms with Crippen LogP contribution in [0.5, 0.6) is 0 Å². The minimum absolute atomic E-state index is 0.111. The SMILES string of the molecule is CC1(C)c2ccccc2-c2cc3c(-c4ccc(-c5nc6ccccc6s5)cc4)c4ccccc4c(-c4ccc5c6c7c(ccc46)C=CCC7=CC5)c3cc21. The highest BCUT2D eigenvalue weighted by Gasteiger charge is 2.36. The quantitative estimate of drug-likeness (QED) is 0.167. The molecule has 0 atom stereocenters. The van der Waals surface area contributed by atoms with Crippen LogP contribution in [0.25, 0.3) is 98.1 Å². The molecule has 9 aromatic rings. The average molecular weight is 706 g/mol. The van der Waals surface area contributed by atoms with Crippen LogP contribution in [0.3, 0.4) is 0 Å². The molecule has 0 spiro atoms. The molecule has 1 nitrogen and oxygen atoms in total. The van der Waals surface area contributed by atoms with E-state index in [0.29, 0.717) is 0 Å². The molecule has 0 fully saturated rings. The second-order valence-corrected chi connectivity index (χ2v) is 16.8. The molecular formula is C52H35NS. The van der Waals surface area contributed by atoms with Gasteiger partial charge in [-0.2, -0.15) is 0 Å². The van der Waals surface area contributed by atoms with Crippen molar-refractivity contribution >= 4 is 65.5 Å². The van der Waals surface area contributed by atoms with E-state index in [-0.39, 0.29) is 5.41 Å².